The number of hydrogen-bond acceptors (Lipinski definition) is 10. The molecule has 6 aliphatic carbocycles. The van der Waals surface area contributed by atoms with Gasteiger partial charge in [0.2, 0.25) is 23.8 Å². The Morgan fingerprint density at radius 2 is 0.466 bits per heavy atom. The van der Waals surface area contributed by atoms with Crippen LogP contribution < -0.4 is 31.3 Å². The molecule has 646 valence electrons. The molecule has 0 saturated heterocycles. The van der Waals surface area contributed by atoms with Crippen LogP contribution in [-0.2, 0) is 38.5 Å². The molecule has 0 unspecified atom stereocenters. The first-order valence-corrected chi connectivity index (χ1v) is 37.4. The molecule has 133 heavy (non-hydrogen) atoms. The molecule has 0 amide bonds. The lowest BCUT2D eigenvalue weighted by atomic mass is 9.86. The predicted octanol–water partition coefficient (Wildman–Crippen LogP) is 19.4. The molecule has 0 N–H and O–H groups in total. The number of pyridine rings is 2. The lowest BCUT2D eigenvalue weighted by molar-refractivity contribution is -0.0704. The molecule has 16 nitrogen and oxygen atoms in total. The van der Waals surface area contributed by atoms with Crippen LogP contribution in [0.25, 0.3) is 129 Å². The summed E-state index contributed by atoms with van der Waals surface area (Å²) >= 11 is 0. The number of halogens is 21. The third-order valence-electron chi connectivity index (χ3n) is 22.5. The van der Waals surface area contributed by atoms with E-state index in [2.05, 4.69) is 39.0 Å². The highest BCUT2D eigenvalue weighted by Gasteiger charge is 2.49. The third-order valence-corrected chi connectivity index (χ3v) is 22.5. The second kappa shape index (κ2) is 34.9. The highest BCUT2D eigenvalue weighted by atomic mass is 19.4. The monoisotopic (exact) mass is 1810 g/mol. The molecular weight excluding hydrogens is 1780 g/mol. The number of allylic oxidation sites excluding steroid dienone is 9. The minimum Gasteiger partial charge on any atom is -0.207 e. The topological polar surface area (TPSA) is 242 Å². The quantitative estimate of drug-likeness (QED) is 0.0659. The number of benzene rings is 7. The van der Waals surface area contributed by atoms with Gasteiger partial charge in [-0.05, 0) is 253 Å². The van der Waals surface area contributed by atoms with E-state index in [1.54, 1.807) is 0 Å². The Labute approximate surface area is 734 Å². The van der Waals surface area contributed by atoms with Crippen molar-refractivity contribution in [2.75, 3.05) is 0 Å². The molecule has 2 heterocycles. The van der Waals surface area contributed by atoms with Gasteiger partial charge in [-0.3, -0.25) is 0 Å². The van der Waals surface area contributed by atoms with Crippen molar-refractivity contribution >= 4 is 33.4 Å². The van der Waals surface area contributed by atoms with Crippen LogP contribution in [0.15, 0.2) is 153 Å². The summed E-state index contributed by atoms with van der Waals surface area (Å²) in [6, 6.07) is 21.5. The number of rotatable bonds is 6. The molecule has 7 aromatic carbocycles. The maximum atomic E-state index is 15.1. The number of alkyl halides is 9. The van der Waals surface area contributed by atoms with Gasteiger partial charge < -0.3 is 0 Å². The average molecular weight is 1810 g/mol. The first-order chi connectivity index (χ1) is 62.9. The van der Waals surface area contributed by atoms with Gasteiger partial charge >= 0.3 is 36.0 Å². The smallest absolute Gasteiger partial charge is 0.207 e. The van der Waals surface area contributed by atoms with Crippen LogP contribution in [0.3, 0.4) is 0 Å². The first kappa shape index (κ1) is 92.6. The lowest BCUT2D eigenvalue weighted by Crippen LogP contribution is -2.27. The lowest BCUT2D eigenvalue weighted by Gasteiger charge is -2.18. The van der Waals surface area contributed by atoms with E-state index in [1.807, 2.05) is 0 Å². The Morgan fingerprint density at radius 1 is 0.278 bits per heavy atom. The predicted molar refractivity (Wildman–Crippen MR) is 428 cm³/mol. The number of fused-ring (bicyclic) bond motifs is 6. The molecule has 0 atom stereocenters. The SMILES string of the molecule is [C-]#[N+]C([N+]#[C-])=C1Cc2c(-c3cc(F)c(C#N)c(F)c3)c3c(c(-c4cc(F)c(C#N)c(F)c4)c2=C1C)CC(=C(C#N)C#N)C=3C(F)(F)F.[C-]#[N+]C([N+]#[C-])=C1Cc2c(-c3cc(F)cc(F)c3)c3c(c(-c4cc(F)cc(F)c4)c2=C1C)CC(=C(C#N)C#N)C=3C(F)(F)F.[C-]#[N+]C([N+]#[C-])=C1Cc2c(-c3cc(F)nc(F)c3)c3c(c(-c4cc(F)nc(F)c4)c2=C1C)CC(=C(C#N)C#N)C=3C(F)(F)F. The fourth-order valence-electron chi connectivity index (χ4n) is 17.8. The van der Waals surface area contributed by atoms with Crippen LogP contribution in [0.5, 0.6) is 0 Å². The molecule has 0 aliphatic heterocycles. The van der Waals surface area contributed by atoms with Crippen molar-refractivity contribution in [1.82, 2.24) is 9.97 Å². The highest BCUT2D eigenvalue weighted by Crippen LogP contribution is 2.50. The minimum atomic E-state index is -5.31. The second-order valence-corrected chi connectivity index (χ2v) is 29.4. The maximum absolute atomic E-state index is 15.1. The van der Waals surface area contributed by atoms with E-state index < -0.39 is 226 Å². The molecule has 6 aliphatic rings. The summed E-state index contributed by atoms with van der Waals surface area (Å²) in [5.41, 5.74) is -14.9. The van der Waals surface area contributed by atoms with Crippen molar-refractivity contribution in [3.8, 4) is 115 Å². The van der Waals surface area contributed by atoms with Crippen LogP contribution in [0.2, 0.25) is 0 Å². The van der Waals surface area contributed by atoms with Crippen molar-refractivity contribution in [2.45, 2.75) is 77.8 Å². The van der Waals surface area contributed by atoms with E-state index in [0.717, 1.165) is 36.4 Å². The third kappa shape index (κ3) is 15.9. The van der Waals surface area contributed by atoms with Crippen molar-refractivity contribution in [3.63, 3.8) is 0 Å². The molecule has 15 rings (SSSR count). The Morgan fingerprint density at radius 3 is 0.662 bits per heavy atom. The van der Waals surface area contributed by atoms with Gasteiger partial charge in [0, 0.05) is 55.7 Å². The summed E-state index contributed by atoms with van der Waals surface area (Å²) < 4.78 is 311. The molecule has 0 spiro atoms. The zero-order valence-corrected chi connectivity index (χ0v) is 66.9. The Hall–Kier alpha value is -18.1. The summed E-state index contributed by atoms with van der Waals surface area (Å²) in [5, 5.41) is 73.9. The molecule has 2 aromatic heterocycles. The highest BCUT2D eigenvalue weighted by molar-refractivity contribution is 5.97. The van der Waals surface area contributed by atoms with Gasteiger partial charge in [0.1, 0.15) is 162 Å². The molecule has 9 aromatic rings. The largest absolute Gasteiger partial charge is 0.523 e. The summed E-state index contributed by atoms with van der Waals surface area (Å²) in [7, 11) is 0. The number of hydrogen-bond donors (Lipinski definition) is 0. The summed E-state index contributed by atoms with van der Waals surface area (Å²) in [6.07, 6.45) is -19.1. The zero-order chi connectivity index (χ0) is 97.3. The van der Waals surface area contributed by atoms with E-state index in [4.69, 9.17) is 39.4 Å². The van der Waals surface area contributed by atoms with E-state index in [0.29, 0.717) is 48.5 Å². The molecule has 0 bridgehead atoms. The molecule has 0 saturated carbocycles. The molecule has 0 fully saturated rings. The van der Waals surface area contributed by atoms with E-state index in [-0.39, 0.29) is 145 Å². The zero-order valence-electron chi connectivity index (χ0n) is 66.9. The average Bonchev–Trinajstić information content (AvgIpc) is 1.56. The summed E-state index contributed by atoms with van der Waals surface area (Å²) in [6.45, 7) is 49.1. The number of nitrogens with zero attached hydrogens (tertiary/aromatic N) is 16. The Bertz CT molecular complexity index is 7780. The van der Waals surface area contributed by atoms with Crippen LogP contribution in [0, 0.1) is 200 Å². The van der Waals surface area contributed by atoms with Crippen molar-refractivity contribution in [1.29, 1.82) is 42.1 Å². The molecular formula is C96H35F21N16. The molecule has 0 radical (unpaired) electrons. The fraction of sp³-hybridized carbons (Fsp3) is 0.125. The van der Waals surface area contributed by atoms with Crippen LogP contribution >= 0.6 is 0 Å². The van der Waals surface area contributed by atoms with Gasteiger partial charge in [0.05, 0.1) is 33.4 Å². The van der Waals surface area contributed by atoms with Gasteiger partial charge in [-0.15, -0.1) is 0 Å². The second-order valence-electron chi connectivity index (χ2n) is 29.4. The van der Waals surface area contributed by atoms with Gasteiger partial charge in [-0.2, -0.15) is 138 Å². The van der Waals surface area contributed by atoms with Crippen LogP contribution in [-0.4, -0.2) is 28.5 Å². The first-order valence-electron chi connectivity index (χ1n) is 37.4. The minimum absolute atomic E-state index is 0.00882. The fourth-order valence-corrected chi connectivity index (χ4v) is 17.8. The maximum Gasteiger partial charge on any atom is 0.523 e. The van der Waals surface area contributed by atoms with E-state index >= 15 is 30.7 Å². The summed E-state index contributed by atoms with van der Waals surface area (Å²) in [5.74, 6) is -16.5. The Balaban J connectivity index is 0.000000170. The van der Waals surface area contributed by atoms with Crippen molar-refractivity contribution in [3.05, 3.63) is 367 Å². The normalized spacial score (nSPS) is 13.4. The number of aromatic nitrogens is 2. The molecule has 37 heteroatoms. The van der Waals surface area contributed by atoms with Gasteiger partial charge in [-0.25, -0.2) is 35.1 Å². The van der Waals surface area contributed by atoms with Crippen molar-refractivity contribution < 1.29 is 92.2 Å². The summed E-state index contributed by atoms with van der Waals surface area (Å²) in [4.78, 5) is 25.3. The van der Waals surface area contributed by atoms with E-state index in [1.165, 1.54) is 69.3 Å². The van der Waals surface area contributed by atoms with Crippen LogP contribution in [0.1, 0.15) is 65.3 Å². The Kier molecular flexibility index (Phi) is 24.3. The van der Waals surface area contributed by atoms with Crippen LogP contribution in [0.4, 0.5) is 92.2 Å². The van der Waals surface area contributed by atoms with Gasteiger partial charge in [0.15, 0.2) is 0 Å². The van der Waals surface area contributed by atoms with E-state index in [9.17, 15) is 104 Å². The van der Waals surface area contributed by atoms with Gasteiger partial charge in [-0.1, -0.05) is 0 Å². The van der Waals surface area contributed by atoms with Crippen molar-refractivity contribution in [2.24, 2.45) is 0 Å². The van der Waals surface area contributed by atoms with Gasteiger partial charge in [0.25, 0.3) is 0 Å². The standard InChI is InChI=1S/C34H11F7N6.C32H13F7N4.C30H11F7N6/c1-14-18(33(46-2)47-3)8-20-28(14)29(15-4-24(35)22(12-44)25(36)5-15)21-9-19(17(10-42)11-43)32(34(39,40)41)31(21)30(20)16-6-26(37)23(13-45)27(38)7-16;1-14-22(31(42-2)43-3)10-24-26(14)27(15-4-18(33)8-19(34)5-15)25-11-23(17(12-40)13-41)30(32(37,38)39)29(25)28(24)16-6-20(35)9-21(36)7-16;1-12-16(29(40-2)41-3)8-18-24(12)25(13-4-20(31)42-21(32)5-13)19-9-17(15(10-38)11-39)28(30(35,36)37)27(19)26(18)14-6-22(33)43-23(34)7-14/h4-7H,8-9H2,1H3;4-9H,10-11H2,1H3;4-7H,8-9H2,1H3. The number of nitriles is 8.